The maximum Gasteiger partial charge on any atom is 0.137 e. The molecule has 1 aromatic rings. The highest BCUT2D eigenvalue weighted by atomic mass is 35.5. The summed E-state index contributed by atoms with van der Waals surface area (Å²) < 4.78 is 5.17. The molecule has 2 rings (SSSR count). The van der Waals surface area contributed by atoms with E-state index in [0.29, 0.717) is 10.8 Å². The van der Waals surface area contributed by atoms with Crippen LogP contribution in [0.1, 0.15) is 25.3 Å². The summed E-state index contributed by atoms with van der Waals surface area (Å²) in [4.78, 5) is 0. The minimum absolute atomic E-state index is 0.0577. The van der Waals surface area contributed by atoms with Crippen molar-refractivity contribution in [1.82, 2.24) is 0 Å². The van der Waals surface area contributed by atoms with Gasteiger partial charge in [-0.3, -0.25) is 0 Å². The van der Waals surface area contributed by atoms with E-state index in [1.165, 1.54) is 0 Å². The van der Waals surface area contributed by atoms with Crippen molar-refractivity contribution in [3.63, 3.8) is 0 Å². The van der Waals surface area contributed by atoms with Gasteiger partial charge < -0.3 is 9.84 Å². The predicted octanol–water partition coefficient (Wildman–Crippen LogP) is 2.76. The van der Waals surface area contributed by atoms with Crippen LogP contribution in [0.2, 0.25) is 5.02 Å². The summed E-state index contributed by atoms with van der Waals surface area (Å²) >= 11 is 5.96. The van der Waals surface area contributed by atoms with E-state index < -0.39 is 0 Å². The Hall–Kier alpha value is -0.730. The summed E-state index contributed by atoms with van der Waals surface area (Å²) in [7, 11) is 1.60. The third kappa shape index (κ3) is 1.72. The van der Waals surface area contributed by atoms with Gasteiger partial charge in [0.1, 0.15) is 5.75 Å². The lowest BCUT2D eigenvalue weighted by Gasteiger charge is -2.19. The molecule has 82 valence electrons. The van der Waals surface area contributed by atoms with E-state index in [1.807, 2.05) is 25.1 Å². The molecule has 1 aliphatic carbocycles. The van der Waals surface area contributed by atoms with Crippen LogP contribution in [0, 0.1) is 0 Å². The van der Waals surface area contributed by atoms with E-state index in [-0.39, 0.29) is 11.5 Å². The van der Waals surface area contributed by atoms with Gasteiger partial charge in [0, 0.05) is 5.41 Å². The van der Waals surface area contributed by atoms with Crippen LogP contribution in [0.15, 0.2) is 18.2 Å². The molecule has 1 aromatic carbocycles. The van der Waals surface area contributed by atoms with Gasteiger partial charge in [-0.1, -0.05) is 17.7 Å². The minimum atomic E-state index is -0.316. The van der Waals surface area contributed by atoms with Gasteiger partial charge in [0.2, 0.25) is 0 Å². The fourth-order valence-corrected chi connectivity index (χ4v) is 2.25. The van der Waals surface area contributed by atoms with Gasteiger partial charge in [-0.2, -0.15) is 0 Å². The molecule has 0 spiro atoms. The molecule has 1 unspecified atom stereocenters. The van der Waals surface area contributed by atoms with Crippen LogP contribution in [-0.4, -0.2) is 18.3 Å². The average molecular weight is 227 g/mol. The van der Waals surface area contributed by atoms with Gasteiger partial charge in [-0.05, 0) is 37.5 Å². The summed E-state index contributed by atoms with van der Waals surface area (Å²) in [5, 5.41) is 10.4. The molecule has 0 aliphatic heterocycles. The van der Waals surface area contributed by atoms with Gasteiger partial charge in [0.15, 0.2) is 0 Å². The predicted molar refractivity (Wildman–Crippen MR) is 60.6 cm³/mol. The van der Waals surface area contributed by atoms with Crippen molar-refractivity contribution in [2.75, 3.05) is 7.11 Å². The number of methoxy groups -OCH3 is 1. The Morgan fingerprint density at radius 3 is 2.60 bits per heavy atom. The van der Waals surface area contributed by atoms with Crippen molar-refractivity contribution < 1.29 is 9.84 Å². The fraction of sp³-hybridized carbons (Fsp3) is 0.500. The lowest BCUT2D eigenvalue weighted by molar-refractivity contribution is 0.150. The lowest BCUT2D eigenvalue weighted by Crippen LogP contribution is -2.22. The molecule has 1 aliphatic rings. The third-order valence-electron chi connectivity index (χ3n) is 3.31. The number of rotatable bonds is 3. The van der Waals surface area contributed by atoms with Crippen molar-refractivity contribution in [3.05, 3.63) is 28.8 Å². The molecule has 0 bridgehead atoms. The Morgan fingerprint density at radius 1 is 1.47 bits per heavy atom. The first-order valence-electron chi connectivity index (χ1n) is 5.12. The van der Waals surface area contributed by atoms with E-state index in [1.54, 1.807) is 7.11 Å². The van der Waals surface area contributed by atoms with Crippen LogP contribution >= 0.6 is 11.6 Å². The van der Waals surface area contributed by atoms with Gasteiger partial charge in [-0.25, -0.2) is 0 Å². The van der Waals surface area contributed by atoms with Crippen LogP contribution in [-0.2, 0) is 5.41 Å². The van der Waals surface area contributed by atoms with E-state index in [2.05, 4.69) is 0 Å². The zero-order valence-corrected chi connectivity index (χ0v) is 9.71. The maximum absolute atomic E-state index is 9.76. The second-order valence-corrected chi connectivity index (χ2v) is 4.59. The SMILES string of the molecule is COc1cc(C2(C(C)O)CC2)ccc1Cl. The van der Waals surface area contributed by atoms with Crippen LogP contribution in [0.3, 0.4) is 0 Å². The van der Waals surface area contributed by atoms with Crippen molar-refractivity contribution in [2.45, 2.75) is 31.3 Å². The maximum atomic E-state index is 9.76. The Bertz CT molecular complexity index is 370. The molecule has 1 atom stereocenters. The van der Waals surface area contributed by atoms with Crippen LogP contribution < -0.4 is 4.74 Å². The molecule has 0 aromatic heterocycles. The van der Waals surface area contributed by atoms with Crippen LogP contribution in [0.5, 0.6) is 5.75 Å². The number of hydrogen-bond donors (Lipinski definition) is 1. The zero-order valence-electron chi connectivity index (χ0n) is 8.96. The summed E-state index contributed by atoms with van der Waals surface area (Å²) in [6.45, 7) is 1.84. The summed E-state index contributed by atoms with van der Waals surface area (Å²) in [5.41, 5.74) is 1.07. The van der Waals surface area contributed by atoms with Gasteiger partial charge in [0.25, 0.3) is 0 Å². The standard InChI is InChI=1S/C12H15ClO2/c1-8(14)12(5-6-12)9-3-4-10(13)11(7-9)15-2/h3-4,7-8,14H,5-6H2,1-2H3. The van der Waals surface area contributed by atoms with E-state index in [0.717, 1.165) is 18.4 Å². The highest BCUT2D eigenvalue weighted by molar-refractivity contribution is 6.32. The molecule has 0 saturated heterocycles. The Kier molecular flexibility index (Phi) is 2.65. The molecule has 1 N–H and O–H groups in total. The molecule has 0 radical (unpaired) electrons. The molecule has 15 heavy (non-hydrogen) atoms. The number of halogens is 1. The summed E-state index contributed by atoms with van der Waals surface area (Å²) in [6, 6.07) is 5.74. The average Bonchev–Trinajstić information content (AvgIpc) is 2.99. The quantitative estimate of drug-likeness (QED) is 0.859. The second-order valence-electron chi connectivity index (χ2n) is 4.18. The number of hydrogen-bond acceptors (Lipinski definition) is 2. The van der Waals surface area contributed by atoms with Crippen molar-refractivity contribution in [3.8, 4) is 5.75 Å². The molecular formula is C12H15ClO2. The smallest absolute Gasteiger partial charge is 0.137 e. The molecule has 2 nitrogen and oxygen atoms in total. The first-order valence-corrected chi connectivity index (χ1v) is 5.50. The molecule has 0 amide bonds. The van der Waals surface area contributed by atoms with Gasteiger partial charge in [0.05, 0.1) is 18.2 Å². The second kappa shape index (κ2) is 3.69. The number of ether oxygens (including phenoxy) is 1. The first kappa shape index (κ1) is 10.8. The summed E-state index contributed by atoms with van der Waals surface area (Å²) in [5.74, 6) is 0.682. The first-order chi connectivity index (χ1) is 7.10. The Morgan fingerprint density at radius 2 is 2.13 bits per heavy atom. The van der Waals surface area contributed by atoms with E-state index in [4.69, 9.17) is 16.3 Å². The van der Waals surface area contributed by atoms with Crippen LogP contribution in [0.4, 0.5) is 0 Å². The van der Waals surface area contributed by atoms with Gasteiger partial charge >= 0.3 is 0 Å². The largest absolute Gasteiger partial charge is 0.495 e. The minimum Gasteiger partial charge on any atom is -0.495 e. The highest BCUT2D eigenvalue weighted by Crippen LogP contribution is 2.51. The number of aliphatic hydroxyl groups excluding tert-OH is 1. The topological polar surface area (TPSA) is 29.5 Å². The zero-order chi connectivity index (χ0) is 11.1. The summed E-state index contributed by atoms with van der Waals surface area (Å²) in [6.07, 6.45) is 1.76. The normalized spacial score (nSPS) is 19.7. The van der Waals surface area contributed by atoms with E-state index in [9.17, 15) is 5.11 Å². The van der Waals surface area contributed by atoms with Crippen molar-refractivity contribution in [2.24, 2.45) is 0 Å². The Balaban J connectivity index is 2.38. The molecule has 1 fully saturated rings. The van der Waals surface area contributed by atoms with Crippen molar-refractivity contribution in [1.29, 1.82) is 0 Å². The molecular weight excluding hydrogens is 212 g/mol. The van der Waals surface area contributed by atoms with Gasteiger partial charge in [-0.15, -0.1) is 0 Å². The molecule has 3 heteroatoms. The molecule has 1 saturated carbocycles. The van der Waals surface area contributed by atoms with E-state index >= 15 is 0 Å². The molecule has 0 heterocycles. The number of aliphatic hydroxyl groups is 1. The number of benzene rings is 1. The highest BCUT2D eigenvalue weighted by Gasteiger charge is 2.48. The van der Waals surface area contributed by atoms with Crippen molar-refractivity contribution >= 4 is 11.6 Å². The lowest BCUT2D eigenvalue weighted by atomic mass is 9.91. The fourth-order valence-electron chi connectivity index (χ4n) is 2.05. The Labute approximate surface area is 94.8 Å². The monoisotopic (exact) mass is 226 g/mol. The van der Waals surface area contributed by atoms with Crippen LogP contribution in [0.25, 0.3) is 0 Å². The third-order valence-corrected chi connectivity index (χ3v) is 3.63.